The minimum Gasteiger partial charge on any atom is -0.444 e. The molecule has 1 aromatic heterocycles. The summed E-state index contributed by atoms with van der Waals surface area (Å²) >= 11 is 0. The van der Waals surface area contributed by atoms with Gasteiger partial charge in [0.25, 0.3) is 0 Å². The molecule has 0 radical (unpaired) electrons. The molecule has 6 nitrogen and oxygen atoms in total. The Morgan fingerprint density at radius 3 is 2.42 bits per heavy atom. The van der Waals surface area contributed by atoms with Gasteiger partial charge < -0.3 is 9.64 Å². The van der Waals surface area contributed by atoms with Crippen molar-refractivity contribution in [2.45, 2.75) is 52.3 Å². The van der Waals surface area contributed by atoms with E-state index in [2.05, 4.69) is 10.2 Å². The molecule has 1 saturated heterocycles. The van der Waals surface area contributed by atoms with Crippen LogP contribution in [0.5, 0.6) is 0 Å². The Kier molecular flexibility index (Phi) is 7.09. The number of aryl methyl sites for hydroxylation is 1. The molecular weight excluding hydrogens is 433 g/mol. The zero-order valence-electron chi connectivity index (χ0n) is 19.6. The van der Waals surface area contributed by atoms with Crippen LogP contribution in [0, 0.1) is 12.8 Å². The van der Waals surface area contributed by atoms with Gasteiger partial charge in [0.15, 0.2) is 0 Å². The first kappa shape index (κ1) is 24.7. The number of aromatic nitrogens is 2. The van der Waals surface area contributed by atoms with Gasteiger partial charge >= 0.3 is 18.1 Å². The van der Waals surface area contributed by atoms with Crippen LogP contribution in [0.15, 0.2) is 30.3 Å². The zero-order valence-corrected chi connectivity index (χ0v) is 19.6. The molecule has 9 heteroatoms. The number of amides is 1. The molecule has 1 aliphatic rings. The van der Waals surface area contributed by atoms with Crippen molar-refractivity contribution in [3.05, 3.63) is 41.5 Å². The van der Waals surface area contributed by atoms with E-state index in [0.29, 0.717) is 30.2 Å². The molecule has 178 valence electrons. The summed E-state index contributed by atoms with van der Waals surface area (Å²) in [6.45, 7) is 8.63. The molecule has 0 spiro atoms. The fraction of sp³-hybridized carbons (Fsp3) is 0.500. The number of hydrogen-bond acceptors (Lipinski definition) is 4. The van der Waals surface area contributed by atoms with Gasteiger partial charge in [-0.15, -0.1) is 0 Å². The van der Waals surface area contributed by atoms with Gasteiger partial charge in [-0.25, -0.2) is 9.37 Å². The molecule has 0 aliphatic carbocycles. The molecule has 1 amide bonds. The molecular formula is C24H30F3N4O2+. The Balaban J connectivity index is 1.73. The normalized spacial score (nSPS) is 17.8. The third kappa shape index (κ3) is 6.52. The van der Waals surface area contributed by atoms with E-state index in [-0.39, 0.29) is 12.0 Å². The maximum absolute atomic E-state index is 12.8. The summed E-state index contributed by atoms with van der Waals surface area (Å²) in [4.78, 5) is 14.1. The predicted octanol–water partition coefficient (Wildman–Crippen LogP) is 5.46. The van der Waals surface area contributed by atoms with Crippen molar-refractivity contribution in [1.82, 2.24) is 15.1 Å². The van der Waals surface area contributed by atoms with Crippen LogP contribution in [-0.4, -0.2) is 57.7 Å². The lowest BCUT2D eigenvalue weighted by atomic mass is 9.99. The maximum atomic E-state index is 12.8. The van der Waals surface area contributed by atoms with Crippen LogP contribution in [0.3, 0.4) is 0 Å². The third-order valence-electron chi connectivity index (χ3n) is 5.36. The average molecular weight is 464 g/mol. The Hall–Kier alpha value is -2.97. The number of rotatable bonds is 3. The molecule has 3 rings (SSSR count). The van der Waals surface area contributed by atoms with Crippen molar-refractivity contribution in [3.8, 4) is 11.3 Å². The van der Waals surface area contributed by atoms with Gasteiger partial charge in [-0.2, -0.15) is 13.2 Å². The number of nitrogens with zero attached hydrogens (tertiary/aromatic N) is 4. The number of hydrogen-bond donors (Lipinski definition) is 0. The molecule has 1 unspecified atom stereocenters. The van der Waals surface area contributed by atoms with E-state index in [0.717, 1.165) is 30.5 Å². The van der Waals surface area contributed by atoms with Crippen molar-refractivity contribution in [1.29, 1.82) is 0 Å². The van der Waals surface area contributed by atoms with Crippen molar-refractivity contribution >= 4 is 18.1 Å². The van der Waals surface area contributed by atoms with E-state index >= 15 is 0 Å². The van der Waals surface area contributed by atoms with Crippen LogP contribution in [0.2, 0.25) is 0 Å². The molecule has 1 atom stereocenters. The lowest BCUT2D eigenvalue weighted by molar-refractivity contribution is -0.407. The molecule has 0 saturated carbocycles. The number of alkyl halides is 3. The highest BCUT2D eigenvalue weighted by Gasteiger charge is 2.30. The number of benzene rings is 1. The topological polar surface area (TPSA) is 58.3 Å². The third-order valence-corrected chi connectivity index (χ3v) is 5.36. The second kappa shape index (κ2) is 9.49. The van der Waals surface area contributed by atoms with Gasteiger partial charge in [0, 0.05) is 30.6 Å². The van der Waals surface area contributed by atoms with Crippen LogP contribution in [0.4, 0.5) is 23.8 Å². The van der Waals surface area contributed by atoms with Gasteiger partial charge in [-0.3, -0.25) is 0 Å². The van der Waals surface area contributed by atoms with Crippen molar-refractivity contribution in [3.63, 3.8) is 0 Å². The van der Waals surface area contributed by atoms with Crippen molar-refractivity contribution < 1.29 is 27.3 Å². The smallest absolute Gasteiger partial charge is 0.416 e. The molecule has 0 bridgehead atoms. The Bertz CT molecular complexity index is 1030. The van der Waals surface area contributed by atoms with E-state index in [1.807, 2.05) is 51.6 Å². The minimum atomic E-state index is -4.38. The summed E-state index contributed by atoms with van der Waals surface area (Å²) < 4.78 is 45.8. The summed E-state index contributed by atoms with van der Waals surface area (Å²) in [5.41, 5.74) is 0.683. The van der Waals surface area contributed by atoms with Gasteiger partial charge in [0.1, 0.15) is 11.3 Å². The Morgan fingerprint density at radius 2 is 1.85 bits per heavy atom. The van der Waals surface area contributed by atoms with Crippen LogP contribution >= 0.6 is 0 Å². The molecule has 1 aliphatic heterocycles. The highest BCUT2D eigenvalue weighted by atomic mass is 19.4. The summed E-state index contributed by atoms with van der Waals surface area (Å²) in [7, 11) is 1.87. The summed E-state index contributed by atoms with van der Waals surface area (Å²) in [5, 5.41) is 8.53. The highest BCUT2D eigenvalue weighted by molar-refractivity contribution is 5.69. The van der Waals surface area contributed by atoms with Gasteiger partial charge in [-0.05, 0) is 63.3 Å². The highest BCUT2D eigenvalue weighted by Crippen LogP contribution is 2.31. The zero-order chi connectivity index (χ0) is 24.4. The van der Waals surface area contributed by atoms with E-state index < -0.39 is 17.3 Å². The molecule has 1 aromatic carbocycles. The van der Waals surface area contributed by atoms with Crippen LogP contribution in [0.1, 0.15) is 44.7 Å². The number of piperidine rings is 1. The Morgan fingerprint density at radius 1 is 1.18 bits per heavy atom. The SMILES string of the molecule is Cc1cc(/[N+](C)=C/C2CCCN(C(=O)OC(C)(C)C)C2)nnc1-c1ccc(C(F)(F)F)cc1. The van der Waals surface area contributed by atoms with E-state index in [4.69, 9.17) is 4.74 Å². The van der Waals surface area contributed by atoms with Crippen molar-refractivity contribution in [2.24, 2.45) is 5.92 Å². The number of halogens is 3. The second-order valence-corrected chi connectivity index (χ2v) is 9.40. The first-order valence-electron chi connectivity index (χ1n) is 10.9. The van der Waals surface area contributed by atoms with Gasteiger partial charge in [-0.1, -0.05) is 12.1 Å². The molecule has 2 heterocycles. The summed E-state index contributed by atoms with van der Waals surface area (Å²) in [6.07, 6.45) is -0.830. The lowest BCUT2D eigenvalue weighted by Crippen LogP contribution is -2.43. The van der Waals surface area contributed by atoms with E-state index in [1.54, 1.807) is 4.90 Å². The van der Waals surface area contributed by atoms with E-state index in [9.17, 15) is 18.0 Å². The maximum Gasteiger partial charge on any atom is 0.416 e. The van der Waals surface area contributed by atoms with Crippen LogP contribution in [0.25, 0.3) is 11.3 Å². The fourth-order valence-corrected chi connectivity index (χ4v) is 3.76. The van der Waals surface area contributed by atoms with Crippen LogP contribution in [-0.2, 0) is 10.9 Å². The number of ether oxygens (including phenoxy) is 1. The fourth-order valence-electron chi connectivity index (χ4n) is 3.76. The molecule has 1 fully saturated rings. The number of carbonyl (C=O) groups is 1. The Labute approximate surface area is 192 Å². The summed E-state index contributed by atoms with van der Waals surface area (Å²) in [6, 6.07) is 6.75. The largest absolute Gasteiger partial charge is 0.444 e. The van der Waals surface area contributed by atoms with Crippen LogP contribution < -0.4 is 0 Å². The molecule has 0 N–H and O–H groups in total. The first-order valence-corrected chi connectivity index (χ1v) is 10.9. The first-order chi connectivity index (χ1) is 15.3. The van der Waals surface area contributed by atoms with E-state index in [1.165, 1.54) is 12.1 Å². The minimum absolute atomic E-state index is 0.146. The second-order valence-electron chi connectivity index (χ2n) is 9.40. The van der Waals surface area contributed by atoms with Gasteiger partial charge in [0.2, 0.25) is 0 Å². The standard InChI is InChI=1S/C24H30F3N4O2/c1-16-13-20(28-29-21(16)18-8-10-19(11-9-18)24(25,26)27)30(5)14-17-7-6-12-31(15-17)22(32)33-23(2,3)4/h8-11,13-14,17H,6-7,12,15H2,1-5H3/q+1/b30-14+. The molecule has 33 heavy (non-hydrogen) atoms. The lowest BCUT2D eigenvalue weighted by Gasteiger charge is -2.32. The number of carbonyl (C=O) groups excluding carboxylic acids is 1. The monoisotopic (exact) mass is 463 g/mol. The molecule has 2 aromatic rings. The average Bonchev–Trinajstić information content (AvgIpc) is 2.72. The predicted molar refractivity (Wildman–Crippen MR) is 120 cm³/mol. The van der Waals surface area contributed by atoms with Crippen molar-refractivity contribution in [2.75, 3.05) is 20.1 Å². The van der Waals surface area contributed by atoms with Gasteiger partial charge in [0.05, 0.1) is 23.9 Å². The summed E-state index contributed by atoms with van der Waals surface area (Å²) in [5.74, 6) is 0.769. The quantitative estimate of drug-likeness (QED) is 0.448. The number of likely N-dealkylation sites (tertiary alicyclic amines) is 1.